The molecule has 33 heavy (non-hydrogen) atoms. The molecule has 1 aliphatic rings. The van der Waals surface area contributed by atoms with Gasteiger partial charge in [0.25, 0.3) is 5.56 Å². The number of phenolic OH excluding ortho intramolecular Hbond substituents is 1. The van der Waals surface area contributed by atoms with Gasteiger partial charge >= 0.3 is 0 Å². The number of rotatable bonds is 5. The molecular weight excluding hydrogens is 458 g/mol. The minimum atomic E-state index is -0.593. The van der Waals surface area contributed by atoms with Gasteiger partial charge in [0.15, 0.2) is 5.16 Å². The zero-order valence-electron chi connectivity index (χ0n) is 19.0. The number of phenols is 1. The molecule has 2 aromatic heterocycles. The first-order valence-corrected chi connectivity index (χ1v) is 12.6. The fraction of sp³-hybridized carbons (Fsp3) is 0.417. The quantitative estimate of drug-likeness (QED) is 0.208. The largest absolute Gasteiger partial charge is 0.506 e. The molecule has 1 aliphatic carbocycles. The highest BCUT2D eigenvalue weighted by Gasteiger charge is 2.32. The summed E-state index contributed by atoms with van der Waals surface area (Å²) < 4.78 is 0. The van der Waals surface area contributed by atoms with Crippen molar-refractivity contribution in [1.82, 2.24) is 9.97 Å². The van der Waals surface area contributed by atoms with Crippen LogP contribution in [0.15, 0.2) is 28.2 Å². The van der Waals surface area contributed by atoms with E-state index in [2.05, 4.69) is 36.1 Å². The van der Waals surface area contributed by atoms with E-state index in [1.807, 2.05) is 0 Å². The number of hydrogen-bond acceptors (Lipinski definition) is 7. The minimum Gasteiger partial charge on any atom is -0.506 e. The molecule has 0 saturated heterocycles. The molecule has 3 N–H and O–H groups in total. The summed E-state index contributed by atoms with van der Waals surface area (Å²) in [7, 11) is 0. The molecule has 2 heterocycles. The van der Waals surface area contributed by atoms with E-state index in [1.165, 1.54) is 23.1 Å². The molecule has 9 heteroatoms. The number of nitrogens with zero attached hydrogens (tertiary/aromatic N) is 1. The fourth-order valence-corrected chi connectivity index (χ4v) is 6.30. The first-order valence-electron chi connectivity index (χ1n) is 10.9. The van der Waals surface area contributed by atoms with Gasteiger partial charge in [-0.15, -0.1) is 11.3 Å². The molecule has 1 amide bonds. The Morgan fingerprint density at radius 2 is 2.15 bits per heavy atom. The number of benzene rings is 1. The zero-order valence-corrected chi connectivity index (χ0v) is 20.7. The van der Waals surface area contributed by atoms with Crippen LogP contribution in [-0.4, -0.2) is 32.5 Å². The maximum Gasteiger partial charge on any atom is 0.260 e. The van der Waals surface area contributed by atoms with Gasteiger partial charge < -0.3 is 15.4 Å². The summed E-state index contributed by atoms with van der Waals surface area (Å²) in [6, 6.07) is 4.22. The number of aldehydes is 1. The van der Waals surface area contributed by atoms with Crippen LogP contribution >= 0.6 is 23.1 Å². The topological polar surface area (TPSA) is 112 Å². The number of fused-ring (bicyclic) bond motifs is 3. The second-order valence-electron chi connectivity index (χ2n) is 9.50. The van der Waals surface area contributed by atoms with Crippen LogP contribution in [0.1, 0.15) is 54.9 Å². The lowest BCUT2D eigenvalue weighted by molar-refractivity contribution is -0.115. The van der Waals surface area contributed by atoms with Gasteiger partial charge in [0.1, 0.15) is 16.9 Å². The van der Waals surface area contributed by atoms with Gasteiger partial charge in [-0.25, -0.2) is 4.98 Å². The third-order valence-corrected chi connectivity index (χ3v) is 8.33. The highest BCUT2D eigenvalue weighted by atomic mass is 32.2. The lowest BCUT2D eigenvalue weighted by Crippen LogP contribution is -2.26. The van der Waals surface area contributed by atoms with E-state index in [0.29, 0.717) is 33.1 Å². The lowest BCUT2D eigenvalue weighted by atomic mass is 9.72. The molecule has 0 fully saturated rings. The smallest absolute Gasteiger partial charge is 0.260 e. The van der Waals surface area contributed by atoms with Gasteiger partial charge in [0.05, 0.1) is 16.3 Å². The Bertz CT molecular complexity index is 1290. The second-order valence-corrected chi connectivity index (χ2v) is 11.9. The van der Waals surface area contributed by atoms with Crippen molar-refractivity contribution < 1.29 is 14.7 Å². The molecule has 4 rings (SSSR count). The monoisotopic (exact) mass is 485 g/mol. The Kier molecular flexibility index (Phi) is 6.37. The predicted octanol–water partition coefficient (Wildman–Crippen LogP) is 4.77. The van der Waals surface area contributed by atoms with Crippen LogP contribution in [0.3, 0.4) is 0 Å². The van der Waals surface area contributed by atoms with E-state index in [4.69, 9.17) is 0 Å². The maximum absolute atomic E-state index is 12.9. The van der Waals surface area contributed by atoms with Gasteiger partial charge in [-0.1, -0.05) is 32.5 Å². The average Bonchev–Trinajstić information content (AvgIpc) is 3.12. The Labute approximate surface area is 200 Å². The fourth-order valence-electron chi connectivity index (χ4n) is 4.14. The van der Waals surface area contributed by atoms with Gasteiger partial charge in [0.2, 0.25) is 5.91 Å². The van der Waals surface area contributed by atoms with E-state index in [0.717, 1.165) is 36.6 Å². The van der Waals surface area contributed by atoms with Crippen LogP contribution in [0.2, 0.25) is 0 Å². The van der Waals surface area contributed by atoms with E-state index in [1.54, 1.807) is 18.3 Å². The maximum atomic E-state index is 12.9. The Morgan fingerprint density at radius 3 is 2.85 bits per heavy atom. The number of carbonyl (C=O) groups is 2. The molecule has 7 nitrogen and oxygen atoms in total. The summed E-state index contributed by atoms with van der Waals surface area (Å²) in [4.78, 5) is 46.0. The third kappa shape index (κ3) is 4.84. The normalized spacial score (nSPS) is 16.9. The van der Waals surface area contributed by atoms with Gasteiger partial charge in [-0.3, -0.25) is 14.4 Å². The molecule has 3 aromatic rings. The number of nitrogens with one attached hydrogen (secondary N) is 2. The molecule has 0 saturated carbocycles. The van der Waals surface area contributed by atoms with Crippen molar-refractivity contribution in [3.05, 3.63) is 44.6 Å². The van der Waals surface area contributed by atoms with Crippen molar-refractivity contribution in [3.63, 3.8) is 0 Å². The molecule has 0 bridgehead atoms. The highest BCUT2D eigenvalue weighted by molar-refractivity contribution is 8.00. The molecule has 0 spiro atoms. The number of thioether (sulfide) groups is 1. The number of aromatic amines is 1. The number of anilines is 1. The zero-order chi connectivity index (χ0) is 23.9. The molecule has 1 aromatic carbocycles. The molecule has 2 unspecified atom stereocenters. The lowest BCUT2D eigenvalue weighted by Gasteiger charge is -2.33. The van der Waals surface area contributed by atoms with E-state index in [-0.39, 0.29) is 28.3 Å². The van der Waals surface area contributed by atoms with Crippen molar-refractivity contribution in [1.29, 1.82) is 0 Å². The van der Waals surface area contributed by atoms with Crippen LogP contribution < -0.4 is 10.9 Å². The number of thiophene rings is 1. The van der Waals surface area contributed by atoms with E-state index in [9.17, 15) is 19.5 Å². The molecule has 174 valence electrons. The average molecular weight is 486 g/mol. The molecule has 0 aliphatic heterocycles. The highest BCUT2D eigenvalue weighted by Crippen LogP contribution is 2.42. The summed E-state index contributed by atoms with van der Waals surface area (Å²) in [6.07, 6.45) is 3.55. The summed E-state index contributed by atoms with van der Waals surface area (Å²) in [5, 5.41) is 13.1. The Hall–Kier alpha value is -2.65. The predicted molar refractivity (Wildman–Crippen MR) is 133 cm³/mol. The standard InChI is InChI=1S/C24H27N3O4S2/c1-12(20(30)25-16-9-13(11-28)5-8-17(16)29)32-23-26-21(31)19-15-7-6-14(24(2,3)4)10-18(15)33-22(19)27-23/h5,8-9,11-12,14,29H,6-7,10H2,1-4H3,(H,25,30)(H,26,27,31). The molecular formula is C24H27N3O4S2. The molecule has 0 radical (unpaired) electrons. The van der Waals surface area contributed by atoms with Crippen LogP contribution in [0.5, 0.6) is 5.75 Å². The van der Waals surface area contributed by atoms with E-state index >= 15 is 0 Å². The number of hydrogen-bond donors (Lipinski definition) is 3. The first kappa shape index (κ1) is 23.5. The number of carbonyl (C=O) groups excluding carboxylic acids is 2. The van der Waals surface area contributed by atoms with Gasteiger partial charge in [-0.2, -0.15) is 0 Å². The number of aryl methyl sites for hydroxylation is 1. The van der Waals surface area contributed by atoms with Crippen LogP contribution in [0, 0.1) is 11.3 Å². The third-order valence-electron chi connectivity index (χ3n) is 6.19. The summed E-state index contributed by atoms with van der Waals surface area (Å²) >= 11 is 2.72. The Balaban J connectivity index is 1.54. The number of aromatic nitrogens is 2. The van der Waals surface area contributed by atoms with E-state index < -0.39 is 5.25 Å². The minimum absolute atomic E-state index is 0.128. The van der Waals surface area contributed by atoms with Crippen LogP contribution in [0.25, 0.3) is 10.2 Å². The van der Waals surface area contributed by atoms with Crippen LogP contribution in [-0.2, 0) is 17.6 Å². The first-order chi connectivity index (χ1) is 15.6. The Morgan fingerprint density at radius 1 is 1.39 bits per heavy atom. The summed E-state index contributed by atoms with van der Waals surface area (Å²) in [6.45, 7) is 8.48. The number of aromatic hydroxyl groups is 1. The molecule has 2 atom stereocenters. The van der Waals surface area contributed by atoms with Crippen molar-refractivity contribution in [2.45, 2.75) is 57.4 Å². The van der Waals surface area contributed by atoms with Crippen molar-refractivity contribution in [3.8, 4) is 5.75 Å². The second kappa shape index (κ2) is 8.95. The van der Waals surface area contributed by atoms with Crippen molar-refractivity contribution >= 4 is 51.2 Å². The van der Waals surface area contributed by atoms with Gasteiger partial charge in [0, 0.05) is 10.4 Å². The number of amides is 1. The SMILES string of the molecule is CC(Sc1nc2sc3c(c2c(=O)[nH]1)CCC(C(C)(C)C)C3)C(=O)Nc1cc(C=O)ccc1O. The van der Waals surface area contributed by atoms with Gasteiger partial charge in [-0.05, 0) is 61.3 Å². The van der Waals surface area contributed by atoms with Crippen LogP contribution in [0.4, 0.5) is 5.69 Å². The number of H-pyrrole nitrogens is 1. The van der Waals surface area contributed by atoms with Crippen molar-refractivity contribution in [2.24, 2.45) is 11.3 Å². The summed E-state index contributed by atoms with van der Waals surface area (Å²) in [5.41, 5.74) is 1.68. The summed E-state index contributed by atoms with van der Waals surface area (Å²) in [5.74, 6) is 0.0697. The van der Waals surface area contributed by atoms with Crippen molar-refractivity contribution in [2.75, 3.05) is 5.32 Å².